The summed E-state index contributed by atoms with van der Waals surface area (Å²) in [5.74, 6) is 0. The Kier molecular flexibility index (Phi) is 1.89. The van der Waals surface area contributed by atoms with Gasteiger partial charge in [0.2, 0.25) is 0 Å². The van der Waals surface area contributed by atoms with Crippen molar-refractivity contribution in [1.82, 2.24) is 9.38 Å². The number of nitrogens with two attached hydrogens (primary N) is 1. The van der Waals surface area contributed by atoms with Crippen LogP contribution in [0.3, 0.4) is 0 Å². The van der Waals surface area contributed by atoms with E-state index >= 15 is 0 Å². The lowest BCUT2D eigenvalue weighted by atomic mass is 10.0. The Morgan fingerprint density at radius 2 is 2.28 bits per heavy atom. The van der Waals surface area contributed by atoms with Crippen LogP contribution in [0.2, 0.25) is 0 Å². The lowest BCUT2D eigenvalue weighted by Gasteiger charge is -2.11. The van der Waals surface area contributed by atoms with Crippen LogP contribution in [0.4, 0.5) is 5.69 Å². The molecule has 0 unspecified atom stereocenters. The normalized spacial score (nSPS) is 13.6. The molecule has 0 radical (unpaired) electrons. The highest BCUT2D eigenvalue weighted by Crippen LogP contribution is 2.37. The molecule has 3 aromatic rings. The molecule has 0 atom stereocenters. The molecule has 3 nitrogen and oxygen atoms in total. The molecule has 1 aliphatic carbocycles. The van der Waals surface area contributed by atoms with Crippen molar-refractivity contribution in [3.05, 3.63) is 39.8 Å². The third-order valence-electron chi connectivity index (χ3n) is 3.61. The molecule has 0 saturated carbocycles. The summed E-state index contributed by atoms with van der Waals surface area (Å²) in [7, 11) is 0. The van der Waals surface area contributed by atoms with Crippen molar-refractivity contribution in [2.45, 2.75) is 19.8 Å². The van der Waals surface area contributed by atoms with E-state index in [2.05, 4.69) is 22.8 Å². The summed E-state index contributed by atoms with van der Waals surface area (Å²) in [5.41, 5.74) is 12.7. The van der Waals surface area contributed by atoms with Gasteiger partial charge in [-0.05, 0) is 42.8 Å². The minimum atomic E-state index is 0.802. The molecule has 90 valence electrons. The first kappa shape index (κ1) is 10.1. The van der Waals surface area contributed by atoms with Gasteiger partial charge in [0.05, 0.1) is 11.4 Å². The second kappa shape index (κ2) is 3.36. The Balaban J connectivity index is 2.13. The van der Waals surface area contributed by atoms with Crippen molar-refractivity contribution in [3.63, 3.8) is 0 Å². The molecule has 3 aromatic heterocycles. The van der Waals surface area contributed by atoms with E-state index in [0.717, 1.165) is 35.4 Å². The lowest BCUT2D eigenvalue weighted by Crippen LogP contribution is -2.03. The quantitative estimate of drug-likeness (QED) is 0.671. The maximum Gasteiger partial charge on any atom is 0.140 e. The van der Waals surface area contributed by atoms with Crippen LogP contribution in [0.25, 0.3) is 16.9 Å². The summed E-state index contributed by atoms with van der Waals surface area (Å²) < 4.78 is 2.17. The van der Waals surface area contributed by atoms with Crippen molar-refractivity contribution in [3.8, 4) is 11.3 Å². The summed E-state index contributed by atoms with van der Waals surface area (Å²) in [6.45, 7) is 2.07. The first-order valence-corrected chi connectivity index (χ1v) is 6.96. The van der Waals surface area contributed by atoms with Gasteiger partial charge in [0.25, 0.3) is 0 Å². The van der Waals surface area contributed by atoms with Crippen LogP contribution >= 0.6 is 11.3 Å². The first-order chi connectivity index (χ1) is 8.74. The molecule has 1 aliphatic rings. The topological polar surface area (TPSA) is 43.3 Å². The average Bonchev–Trinajstić information content (AvgIpc) is 2.91. The standard InChI is InChI=1S/C14H13N3S/c1-8-6-9(15)7-17-11-2-3-12-10(4-5-18-12)13(11)16-14(8)17/h4-7H,2-3,15H2,1H3. The Labute approximate surface area is 109 Å². The van der Waals surface area contributed by atoms with Crippen molar-refractivity contribution in [1.29, 1.82) is 0 Å². The molecule has 0 saturated heterocycles. The second-order valence-electron chi connectivity index (χ2n) is 4.81. The van der Waals surface area contributed by atoms with Gasteiger partial charge in [-0.1, -0.05) is 0 Å². The number of rotatable bonds is 0. The van der Waals surface area contributed by atoms with Crippen molar-refractivity contribution in [2.75, 3.05) is 5.73 Å². The Morgan fingerprint density at radius 1 is 1.39 bits per heavy atom. The third-order valence-corrected chi connectivity index (χ3v) is 4.59. The Morgan fingerprint density at radius 3 is 3.17 bits per heavy atom. The SMILES string of the molecule is Cc1cc(N)cn2c3c(nc12)-c1ccsc1CC3. The number of aryl methyl sites for hydroxylation is 3. The molecule has 3 heterocycles. The maximum absolute atomic E-state index is 5.95. The Bertz CT molecular complexity index is 767. The highest BCUT2D eigenvalue weighted by atomic mass is 32.1. The van der Waals surface area contributed by atoms with E-state index in [4.69, 9.17) is 10.7 Å². The molecular formula is C14H13N3S. The molecule has 4 rings (SSSR count). The van der Waals surface area contributed by atoms with Gasteiger partial charge in [0.1, 0.15) is 5.65 Å². The number of thiophene rings is 1. The van der Waals surface area contributed by atoms with Crippen molar-refractivity contribution >= 4 is 22.7 Å². The third kappa shape index (κ3) is 1.21. The molecule has 0 aromatic carbocycles. The summed E-state index contributed by atoms with van der Waals surface area (Å²) in [4.78, 5) is 6.28. The first-order valence-electron chi connectivity index (χ1n) is 6.08. The molecular weight excluding hydrogens is 242 g/mol. The number of imidazole rings is 1. The fourth-order valence-electron chi connectivity index (χ4n) is 2.82. The van der Waals surface area contributed by atoms with E-state index in [1.54, 1.807) is 0 Å². The van der Waals surface area contributed by atoms with Crippen LogP contribution in [0.1, 0.15) is 16.1 Å². The van der Waals surface area contributed by atoms with Gasteiger partial charge >= 0.3 is 0 Å². The number of fused-ring (bicyclic) bond motifs is 5. The van der Waals surface area contributed by atoms with E-state index in [9.17, 15) is 0 Å². The largest absolute Gasteiger partial charge is 0.398 e. The van der Waals surface area contributed by atoms with Gasteiger partial charge in [0.15, 0.2) is 0 Å². The fourth-order valence-corrected chi connectivity index (χ4v) is 3.70. The number of aromatic nitrogens is 2. The minimum absolute atomic E-state index is 0.802. The van der Waals surface area contributed by atoms with Gasteiger partial charge in [-0.25, -0.2) is 4.98 Å². The van der Waals surface area contributed by atoms with E-state index < -0.39 is 0 Å². The number of anilines is 1. The van der Waals surface area contributed by atoms with Gasteiger partial charge < -0.3 is 10.1 Å². The van der Waals surface area contributed by atoms with Crippen LogP contribution in [0.5, 0.6) is 0 Å². The predicted octanol–water partition coefficient (Wildman–Crippen LogP) is 3.05. The van der Waals surface area contributed by atoms with Crippen LogP contribution in [-0.2, 0) is 12.8 Å². The van der Waals surface area contributed by atoms with Crippen molar-refractivity contribution < 1.29 is 0 Å². The summed E-state index contributed by atoms with van der Waals surface area (Å²) >= 11 is 1.83. The zero-order chi connectivity index (χ0) is 12.3. The summed E-state index contributed by atoms with van der Waals surface area (Å²) in [5, 5.41) is 2.16. The predicted molar refractivity (Wildman–Crippen MR) is 75.1 cm³/mol. The lowest BCUT2D eigenvalue weighted by molar-refractivity contribution is 0.895. The molecule has 18 heavy (non-hydrogen) atoms. The van der Waals surface area contributed by atoms with Crippen LogP contribution in [0, 0.1) is 6.92 Å². The monoisotopic (exact) mass is 255 g/mol. The Hall–Kier alpha value is -1.81. The van der Waals surface area contributed by atoms with Crippen LogP contribution < -0.4 is 5.73 Å². The van der Waals surface area contributed by atoms with E-state index in [1.165, 1.54) is 16.1 Å². The molecule has 0 spiro atoms. The van der Waals surface area contributed by atoms with Crippen LogP contribution in [0.15, 0.2) is 23.7 Å². The molecule has 2 N–H and O–H groups in total. The maximum atomic E-state index is 5.95. The molecule has 4 heteroatoms. The second-order valence-corrected chi connectivity index (χ2v) is 5.82. The van der Waals surface area contributed by atoms with E-state index in [-0.39, 0.29) is 0 Å². The highest BCUT2D eigenvalue weighted by molar-refractivity contribution is 7.10. The zero-order valence-corrected chi connectivity index (χ0v) is 10.9. The van der Waals surface area contributed by atoms with Crippen molar-refractivity contribution in [2.24, 2.45) is 0 Å². The molecule has 0 fully saturated rings. The fraction of sp³-hybridized carbons (Fsp3) is 0.214. The number of pyridine rings is 1. The van der Waals surface area contributed by atoms with Gasteiger partial charge in [-0.15, -0.1) is 11.3 Å². The number of nitrogens with zero attached hydrogens (tertiary/aromatic N) is 2. The van der Waals surface area contributed by atoms with Crippen LogP contribution in [-0.4, -0.2) is 9.38 Å². The van der Waals surface area contributed by atoms with Gasteiger partial charge in [-0.3, -0.25) is 0 Å². The smallest absolute Gasteiger partial charge is 0.140 e. The average molecular weight is 255 g/mol. The summed E-state index contributed by atoms with van der Waals surface area (Å²) in [6.07, 6.45) is 4.15. The van der Waals surface area contributed by atoms with E-state index in [0.29, 0.717) is 0 Å². The summed E-state index contributed by atoms with van der Waals surface area (Å²) in [6, 6.07) is 4.17. The number of nitrogen functional groups attached to an aromatic ring is 1. The highest BCUT2D eigenvalue weighted by Gasteiger charge is 2.22. The number of hydrogen-bond donors (Lipinski definition) is 1. The molecule has 0 aliphatic heterocycles. The van der Waals surface area contributed by atoms with E-state index in [1.807, 2.05) is 23.6 Å². The number of hydrogen-bond acceptors (Lipinski definition) is 3. The molecule has 0 bridgehead atoms. The zero-order valence-electron chi connectivity index (χ0n) is 10.1. The molecule has 0 amide bonds. The van der Waals surface area contributed by atoms with Gasteiger partial charge in [0, 0.05) is 22.3 Å². The minimum Gasteiger partial charge on any atom is -0.398 e. The van der Waals surface area contributed by atoms with Gasteiger partial charge in [-0.2, -0.15) is 0 Å².